The number of carboxylic acid groups (broad SMARTS) is 1. The highest BCUT2D eigenvalue weighted by Crippen LogP contribution is 2.26. The summed E-state index contributed by atoms with van der Waals surface area (Å²) in [6.45, 7) is 1.95. The van der Waals surface area contributed by atoms with E-state index in [1.165, 1.54) is 0 Å². The number of para-hydroxylation sites is 1. The summed E-state index contributed by atoms with van der Waals surface area (Å²) in [5.74, 6) is -0.932. The molecule has 3 rings (SSSR count). The van der Waals surface area contributed by atoms with Crippen LogP contribution < -0.4 is 5.32 Å². The topological polar surface area (TPSA) is 79.5 Å². The van der Waals surface area contributed by atoms with E-state index in [1.807, 2.05) is 25.1 Å². The van der Waals surface area contributed by atoms with Gasteiger partial charge in [-0.1, -0.05) is 18.2 Å². The number of nitrogens with one attached hydrogen (secondary N) is 1. The van der Waals surface area contributed by atoms with Gasteiger partial charge in [-0.3, -0.25) is 9.59 Å². The molecule has 1 aromatic carbocycles. The zero-order chi connectivity index (χ0) is 15.7. The lowest BCUT2D eigenvalue weighted by Crippen LogP contribution is -2.38. The van der Waals surface area contributed by atoms with Gasteiger partial charge in [0.15, 0.2) is 5.76 Å². The molecule has 1 amide bonds. The summed E-state index contributed by atoms with van der Waals surface area (Å²) in [4.78, 5) is 23.2. The Balaban J connectivity index is 1.67. The van der Waals surface area contributed by atoms with Gasteiger partial charge in [-0.25, -0.2) is 0 Å². The quantitative estimate of drug-likeness (QED) is 0.913. The number of hydrogen-bond acceptors (Lipinski definition) is 3. The average molecular weight is 301 g/mol. The van der Waals surface area contributed by atoms with Gasteiger partial charge in [0.25, 0.3) is 5.91 Å². The first-order valence-electron chi connectivity index (χ1n) is 7.57. The van der Waals surface area contributed by atoms with Gasteiger partial charge in [0.2, 0.25) is 0 Å². The standard InChI is InChI=1S/C17H19NO4/c1-10-3-2-4-12-9-14(22-15(10)12)16(19)18-13-7-5-11(6-8-13)17(20)21/h2-4,9,11,13H,5-8H2,1H3,(H,18,19)(H,20,21). The van der Waals surface area contributed by atoms with Crippen molar-refractivity contribution < 1.29 is 19.1 Å². The largest absolute Gasteiger partial charge is 0.481 e. The second-order valence-corrected chi connectivity index (χ2v) is 5.96. The lowest BCUT2D eigenvalue weighted by atomic mass is 9.86. The van der Waals surface area contributed by atoms with Crippen LogP contribution in [0.4, 0.5) is 0 Å². The van der Waals surface area contributed by atoms with Crippen LogP contribution in [0.5, 0.6) is 0 Å². The first-order valence-corrected chi connectivity index (χ1v) is 7.57. The van der Waals surface area contributed by atoms with E-state index in [4.69, 9.17) is 9.52 Å². The molecule has 0 spiro atoms. The number of aliphatic carboxylic acids is 1. The SMILES string of the molecule is Cc1cccc2cc(C(=O)NC3CCC(C(=O)O)CC3)oc12. The molecule has 22 heavy (non-hydrogen) atoms. The van der Waals surface area contributed by atoms with E-state index in [0.717, 1.165) is 16.5 Å². The fourth-order valence-electron chi connectivity index (χ4n) is 3.06. The van der Waals surface area contributed by atoms with Crippen LogP contribution in [0, 0.1) is 12.8 Å². The Morgan fingerprint density at radius 1 is 1.23 bits per heavy atom. The third kappa shape index (κ3) is 2.84. The molecule has 1 aliphatic rings. The molecule has 1 saturated carbocycles. The summed E-state index contributed by atoms with van der Waals surface area (Å²) < 4.78 is 5.66. The van der Waals surface area contributed by atoms with E-state index < -0.39 is 5.97 Å². The Morgan fingerprint density at radius 3 is 2.59 bits per heavy atom. The summed E-state index contributed by atoms with van der Waals surface area (Å²) in [5, 5.41) is 12.9. The maximum atomic E-state index is 12.3. The Morgan fingerprint density at radius 2 is 1.95 bits per heavy atom. The molecule has 1 aliphatic carbocycles. The Kier molecular flexibility index (Phi) is 3.88. The monoisotopic (exact) mass is 301 g/mol. The van der Waals surface area contributed by atoms with Gasteiger partial charge in [-0.2, -0.15) is 0 Å². The van der Waals surface area contributed by atoms with Gasteiger partial charge in [0.1, 0.15) is 5.58 Å². The van der Waals surface area contributed by atoms with Gasteiger partial charge in [0, 0.05) is 11.4 Å². The number of fused-ring (bicyclic) bond motifs is 1. The summed E-state index contributed by atoms with van der Waals surface area (Å²) in [6, 6.07) is 7.57. The second-order valence-electron chi connectivity index (χ2n) is 5.96. The van der Waals surface area contributed by atoms with Crippen LogP contribution >= 0.6 is 0 Å². The minimum atomic E-state index is -0.738. The molecule has 116 valence electrons. The van der Waals surface area contributed by atoms with E-state index in [2.05, 4.69) is 5.32 Å². The number of benzene rings is 1. The number of carbonyl (C=O) groups is 2. The predicted octanol–water partition coefficient (Wildman–Crippen LogP) is 3.11. The number of furan rings is 1. The van der Waals surface area contributed by atoms with Crippen LogP contribution in [0.25, 0.3) is 11.0 Å². The molecule has 0 radical (unpaired) electrons. The van der Waals surface area contributed by atoms with Gasteiger partial charge >= 0.3 is 5.97 Å². The van der Waals surface area contributed by atoms with Gasteiger partial charge in [-0.05, 0) is 44.2 Å². The lowest BCUT2D eigenvalue weighted by molar-refractivity contribution is -0.142. The van der Waals surface area contributed by atoms with Gasteiger partial charge < -0.3 is 14.8 Å². The highest BCUT2D eigenvalue weighted by molar-refractivity contribution is 5.96. The molecule has 5 heteroatoms. The number of carboxylic acids is 1. The fraction of sp³-hybridized carbons (Fsp3) is 0.412. The van der Waals surface area contributed by atoms with Crippen molar-refractivity contribution in [1.29, 1.82) is 0 Å². The Hall–Kier alpha value is -2.30. The molecule has 1 fully saturated rings. The molecule has 2 aromatic rings. The predicted molar refractivity (Wildman–Crippen MR) is 81.8 cm³/mol. The molecular formula is C17H19NO4. The summed E-state index contributed by atoms with van der Waals surface area (Å²) >= 11 is 0. The van der Waals surface area contributed by atoms with E-state index in [-0.39, 0.29) is 17.9 Å². The lowest BCUT2D eigenvalue weighted by Gasteiger charge is -2.26. The molecule has 5 nitrogen and oxygen atoms in total. The molecule has 0 unspecified atom stereocenters. The summed E-state index contributed by atoms with van der Waals surface area (Å²) in [6.07, 6.45) is 2.61. The fourth-order valence-corrected chi connectivity index (χ4v) is 3.06. The van der Waals surface area contributed by atoms with E-state index >= 15 is 0 Å². The van der Waals surface area contributed by atoms with Crippen molar-refractivity contribution in [3.63, 3.8) is 0 Å². The maximum Gasteiger partial charge on any atom is 0.306 e. The molecule has 2 N–H and O–H groups in total. The zero-order valence-electron chi connectivity index (χ0n) is 12.5. The average Bonchev–Trinajstić information content (AvgIpc) is 2.93. The molecule has 0 atom stereocenters. The Bertz CT molecular complexity index is 711. The minimum absolute atomic E-state index is 0.0254. The number of carbonyl (C=O) groups excluding carboxylic acids is 1. The Labute approximate surface area is 128 Å². The van der Waals surface area contributed by atoms with Crippen molar-refractivity contribution in [2.45, 2.75) is 38.6 Å². The summed E-state index contributed by atoms with van der Waals surface area (Å²) in [7, 11) is 0. The van der Waals surface area contributed by atoms with Crippen LogP contribution in [0.2, 0.25) is 0 Å². The molecule has 0 aliphatic heterocycles. The van der Waals surface area contributed by atoms with Crippen LogP contribution in [-0.4, -0.2) is 23.0 Å². The first kappa shape index (κ1) is 14.6. The van der Waals surface area contributed by atoms with Gasteiger partial charge in [0.05, 0.1) is 5.92 Å². The van der Waals surface area contributed by atoms with E-state index in [1.54, 1.807) is 6.07 Å². The van der Waals surface area contributed by atoms with Crippen molar-refractivity contribution >= 4 is 22.8 Å². The van der Waals surface area contributed by atoms with Gasteiger partial charge in [-0.15, -0.1) is 0 Å². The maximum absolute atomic E-state index is 12.3. The van der Waals surface area contributed by atoms with Crippen molar-refractivity contribution in [3.05, 3.63) is 35.6 Å². The van der Waals surface area contributed by atoms with Crippen LogP contribution in [0.3, 0.4) is 0 Å². The zero-order valence-corrected chi connectivity index (χ0v) is 12.5. The first-order chi connectivity index (χ1) is 10.5. The van der Waals surface area contributed by atoms with E-state index in [0.29, 0.717) is 31.4 Å². The summed E-state index contributed by atoms with van der Waals surface area (Å²) in [5.41, 5.74) is 1.74. The van der Waals surface area contributed by atoms with Crippen molar-refractivity contribution in [2.24, 2.45) is 5.92 Å². The molecular weight excluding hydrogens is 282 g/mol. The van der Waals surface area contributed by atoms with Crippen LogP contribution in [0.15, 0.2) is 28.7 Å². The van der Waals surface area contributed by atoms with Crippen LogP contribution in [0.1, 0.15) is 41.8 Å². The highest BCUT2D eigenvalue weighted by atomic mass is 16.4. The number of amides is 1. The highest BCUT2D eigenvalue weighted by Gasteiger charge is 2.27. The molecule has 1 aromatic heterocycles. The molecule has 0 saturated heterocycles. The number of rotatable bonds is 3. The van der Waals surface area contributed by atoms with Crippen molar-refractivity contribution in [2.75, 3.05) is 0 Å². The molecule has 1 heterocycles. The van der Waals surface area contributed by atoms with Crippen LogP contribution in [-0.2, 0) is 4.79 Å². The number of hydrogen-bond donors (Lipinski definition) is 2. The van der Waals surface area contributed by atoms with E-state index in [9.17, 15) is 9.59 Å². The van der Waals surface area contributed by atoms with Crippen molar-refractivity contribution in [3.8, 4) is 0 Å². The number of aryl methyl sites for hydroxylation is 1. The second kappa shape index (κ2) is 5.83. The van der Waals surface area contributed by atoms with Crippen molar-refractivity contribution in [1.82, 2.24) is 5.32 Å². The third-order valence-corrected chi connectivity index (χ3v) is 4.38. The third-order valence-electron chi connectivity index (χ3n) is 4.38. The normalized spacial score (nSPS) is 21.7. The smallest absolute Gasteiger partial charge is 0.306 e. The minimum Gasteiger partial charge on any atom is -0.481 e. The molecule has 0 bridgehead atoms.